The number of halogens is 2. The molecule has 1 aliphatic rings. The average Bonchev–Trinajstić information content (AvgIpc) is 2.54. The van der Waals surface area contributed by atoms with Gasteiger partial charge < -0.3 is 4.90 Å². The van der Waals surface area contributed by atoms with Gasteiger partial charge in [0.25, 0.3) is 0 Å². The highest BCUT2D eigenvalue weighted by Crippen LogP contribution is 2.36. The Kier molecular flexibility index (Phi) is 3.03. The smallest absolute Gasteiger partial charge is 0.0700 e. The molecule has 0 aliphatic carbocycles. The van der Waals surface area contributed by atoms with Crippen LogP contribution in [0, 0.1) is 6.92 Å². The Labute approximate surface area is 98.2 Å². The molecule has 1 nitrogen and oxygen atoms in total. The van der Waals surface area contributed by atoms with E-state index in [0.29, 0.717) is 0 Å². The second-order valence-corrected chi connectivity index (χ2v) is 5.03. The molecule has 0 spiro atoms. The van der Waals surface area contributed by atoms with Gasteiger partial charge in [-0.1, -0.05) is 11.6 Å². The molecule has 14 heavy (non-hydrogen) atoms. The van der Waals surface area contributed by atoms with Gasteiger partial charge in [-0.25, -0.2) is 0 Å². The Bertz CT molecular complexity index is 322. The summed E-state index contributed by atoms with van der Waals surface area (Å²) in [4.78, 5) is 2.35. The molecule has 0 amide bonds. The second kappa shape index (κ2) is 4.11. The largest absolute Gasteiger partial charge is 0.369 e. The van der Waals surface area contributed by atoms with Crippen molar-refractivity contribution < 1.29 is 0 Å². The van der Waals surface area contributed by atoms with E-state index in [0.717, 1.165) is 28.3 Å². The molecule has 1 aliphatic heterocycles. The maximum Gasteiger partial charge on any atom is 0.0700 e. The van der Waals surface area contributed by atoms with Crippen LogP contribution in [0.2, 0.25) is 5.02 Å². The minimum atomic E-state index is 0.860. The summed E-state index contributed by atoms with van der Waals surface area (Å²) in [5.74, 6) is 0. The maximum atomic E-state index is 6.24. The van der Waals surface area contributed by atoms with Gasteiger partial charge in [-0.2, -0.15) is 0 Å². The van der Waals surface area contributed by atoms with Gasteiger partial charge in [0.05, 0.1) is 10.7 Å². The lowest BCUT2D eigenvalue weighted by molar-refractivity contribution is 0.949. The number of aryl methyl sites for hydroxylation is 1. The fraction of sp³-hybridized carbons (Fsp3) is 0.455. The Morgan fingerprint density at radius 1 is 1.29 bits per heavy atom. The highest BCUT2D eigenvalue weighted by atomic mass is 79.9. The molecule has 1 saturated heterocycles. The molecule has 0 bridgehead atoms. The zero-order chi connectivity index (χ0) is 10.1. The lowest BCUT2D eigenvalue weighted by atomic mass is 10.2. The molecule has 2 rings (SSSR count). The van der Waals surface area contributed by atoms with Gasteiger partial charge in [0, 0.05) is 17.6 Å². The molecule has 1 fully saturated rings. The van der Waals surface area contributed by atoms with Crippen LogP contribution in [-0.4, -0.2) is 13.1 Å². The average molecular weight is 275 g/mol. The van der Waals surface area contributed by atoms with Crippen molar-refractivity contribution in [2.75, 3.05) is 18.0 Å². The number of hydrogen-bond donors (Lipinski definition) is 0. The summed E-state index contributed by atoms with van der Waals surface area (Å²) in [5, 5.41) is 0.860. The molecular formula is C11H13BrClN. The van der Waals surface area contributed by atoms with Gasteiger partial charge in [-0.3, -0.25) is 0 Å². The van der Waals surface area contributed by atoms with Crippen molar-refractivity contribution >= 4 is 33.2 Å². The monoisotopic (exact) mass is 273 g/mol. The van der Waals surface area contributed by atoms with Gasteiger partial charge in [0.2, 0.25) is 0 Å². The minimum absolute atomic E-state index is 0.860. The van der Waals surface area contributed by atoms with E-state index in [1.54, 1.807) is 0 Å². The molecule has 3 heteroatoms. The number of benzene rings is 1. The predicted molar refractivity (Wildman–Crippen MR) is 65.3 cm³/mol. The van der Waals surface area contributed by atoms with Crippen molar-refractivity contribution in [2.45, 2.75) is 19.8 Å². The number of rotatable bonds is 1. The van der Waals surface area contributed by atoms with Gasteiger partial charge in [-0.05, 0) is 53.4 Å². The third-order valence-corrected chi connectivity index (χ3v) is 3.48. The summed E-state index contributed by atoms with van der Waals surface area (Å²) >= 11 is 9.83. The summed E-state index contributed by atoms with van der Waals surface area (Å²) in [7, 11) is 0. The first kappa shape index (κ1) is 10.3. The molecule has 0 atom stereocenters. The van der Waals surface area contributed by atoms with Crippen molar-refractivity contribution in [1.29, 1.82) is 0 Å². The summed E-state index contributed by atoms with van der Waals surface area (Å²) in [6.45, 7) is 4.31. The topological polar surface area (TPSA) is 3.24 Å². The van der Waals surface area contributed by atoms with E-state index in [-0.39, 0.29) is 0 Å². The SMILES string of the molecule is Cc1cc(Cl)c(N2CCCC2)c(Br)c1. The second-order valence-electron chi connectivity index (χ2n) is 3.77. The molecule has 1 aromatic rings. The number of hydrogen-bond acceptors (Lipinski definition) is 1. The van der Waals surface area contributed by atoms with Gasteiger partial charge in [0.1, 0.15) is 0 Å². The van der Waals surface area contributed by atoms with Crippen LogP contribution in [0.1, 0.15) is 18.4 Å². The highest BCUT2D eigenvalue weighted by Gasteiger charge is 2.17. The van der Waals surface area contributed by atoms with Crippen LogP contribution in [0.25, 0.3) is 0 Å². The number of nitrogens with zero attached hydrogens (tertiary/aromatic N) is 1. The first-order valence-corrected chi connectivity index (χ1v) is 6.06. The van der Waals surface area contributed by atoms with Crippen LogP contribution in [0.4, 0.5) is 5.69 Å². The van der Waals surface area contributed by atoms with E-state index < -0.39 is 0 Å². The molecule has 0 aromatic heterocycles. The third kappa shape index (κ3) is 1.91. The van der Waals surface area contributed by atoms with Crippen molar-refractivity contribution in [3.05, 3.63) is 27.2 Å². The van der Waals surface area contributed by atoms with Crippen LogP contribution in [0.5, 0.6) is 0 Å². The molecule has 76 valence electrons. The lowest BCUT2D eigenvalue weighted by Gasteiger charge is -2.21. The first-order chi connectivity index (χ1) is 6.68. The van der Waals surface area contributed by atoms with Crippen LogP contribution in [-0.2, 0) is 0 Å². The normalized spacial score (nSPS) is 16.4. The molecule has 0 N–H and O–H groups in total. The Balaban J connectivity index is 2.40. The lowest BCUT2D eigenvalue weighted by Crippen LogP contribution is -2.18. The maximum absolute atomic E-state index is 6.24. The van der Waals surface area contributed by atoms with Crippen LogP contribution < -0.4 is 4.90 Å². The fourth-order valence-corrected chi connectivity index (χ4v) is 3.27. The van der Waals surface area contributed by atoms with Crippen molar-refractivity contribution in [3.8, 4) is 0 Å². The van der Waals surface area contributed by atoms with Crippen molar-refractivity contribution in [2.24, 2.45) is 0 Å². The van der Waals surface area contributed by atoms with Crippen molar-refractivity contribution in [1.82, 2.24) is 0 Å². The van der Waals surface area contributed by atoms with Gasteiger partial charge in [0.15, 0.2) is 0 Å². The van der Waals surface area contributed by atoms with E-state index in [4.69, 9.17) is 11.6 Å². The third-order valence-electron chi connectivity index (χ3n) is 2.58. The van der Waals surface area contributed by atoms with Crippen LogP contribution >= 0.6 is 27.5 Å². The van der Waals surface area contributed by atoms with E-state index in [2.05, 4.69) is 33.8 Å². The van der Waals surface area contributed by atoms with E-state index in [1.165, 1.54) is 18.4 Å². The summed E-state index contributed by atoms with van der Waals surface area (Å²) in [5.41, 5.74) is 2.36. The molecule has 1 aromatic carbocycles. The summed E-state index contributed by atoms with van der Waals surface area (Å²) in [6.07, 6.45) is 2.55. The molecule has 0 radical (unpaired) electrons. The van der Waals surface area contributed by atoms with Crippen LogP contribution in [0.15, 0.2) is 16.6 Å². The Morgan fingerprint density at radius 3 is 2.50 bits per heavy atom. The number of anilines is 1. The Hall–Kier alpha value is -0.210. The highest BCUT2D eigenvalue weighted by molar-refractivity contribution is 9.10. The Morgan fingerprint density at radius 2 is 1.93 bits per heavy atom. The molecular weight excluding hydrogens is 261 g/mol. The summed E-state index contributed by atoms with van der Waals surface area (Å²) in [6, 6.07) is 4.15. The van der Waals surface area contributed by atoms with Crippen LogP contribution in [0.3, 0.4) is 0 Å². The standard InChI is InChI=1S/C11H13BrClN/c1-8-6-9(12)11(10(13)7-8)14-4-2-3-5-14/h6-7H,2-5H2,1H3. The van der Waals surface area contributed by atoms with Gasteiger partial charge in [-0.15, -0.1) is 0 Å². The minimum Gasteiger partial charge on any atom is -0.369 e. The first-order valence-electron chi connectivity index (χ1n) is 4.89. The van der Waals surface area contributed by atoms with E-state index >= 15 is 0 Å². The predicted octanol–water partition coefficient (Wildman–Crippen LogP) is 4.01. The van der Waals surface area contributed by atoms with Crippen molar-refractivity contribution in [3.63, 3.8) is 0 Å². The quantitative estimate of drug-likeness (QED) is 0.748. The fourth-order valence-electron chi connectivity index (χ4n) is 1.94. The summed E-state index contributed by atoms with van der Waals surface area (Å²) < 4.78 is 1.12. The van der Waals surface area contributed by atoms with E-state index in [1.807, 2.05) is 6.07 Å². The van der Waals surface area contributed by atoms with Gasteiger partial charge >= 0.3 is 0 Å². The molecule has 0 unspecified atom stereocenters. The zero-order valence-corrected chi connectivity index (χ0v) is 10.5. The zero-order valence-electron chi connectivity index (χ0n) is 8.19. The molecule has 0 saturated carbocycles. The molecule has 1 heterocycles. The van der Waals surface area contributed by atoms with E-state index in [9.17, 15) is 0 Å².